The van der Waals surface area contributed by atoms with Crippen molar-refractivity contribution in [3.05, 3.63) is 58.8 Å². The second-order valence-corrected chi connectivity index (χ2v) is 5.27. The van der Waals surface area contributed by atoms with Gasteiger partial charge in [0.2, 0.25) is 0 Å². The first-order valence-corrected chi connectivity index (χ1v) is 7.13. The van der Waals surface area contributed by atoms with E-state index in [1.807, 2.05) is 26.0 Å². The first-order chi connectivity index (χ1) is 9.60. The Hall–Kier alpha value is -1.61. The van der Waals surface area contributed by atoms with Crippen LogP contribution in [-0.2, 0) is 6.42 Å². The van der Waals surface area contributed by atoms with Crippen LogP contribution >= 0.6 is 0 Å². The summed E-state index contributed by atoms with van der Waals surface area (Å²) < 4.78 is 18.8. The zero-order valence-corrected chi connectivity index (χ0v) is 12.4. The van der Waals surface area contributed by atoms with Gasteiger partial charge < -0.3 is 9.73 Å². The fourth-order valence-corrected chi connectivity index (χ4v) is 2.35. The van der Waals surface area contributed by atoms with Crippen LogP contribution in [0.5, 0.6) is 0 Å². The average Bonchev–Trinajstić information content (AvgIpc) is 2.85. The molecule has 0 aliphatic rings. The van der Waals surface area contributed by atoms with Crippen molar-refractivity contribution in [2.75, 3.05) is 6.54 Å². The Bertz CT molecular complexity index is 562. The van der Waals surface area contributed by atoms with Gasteiger partial charge in [-0.15, -0.1) is 0 Å². The van der Waals surface area contributed by atoms with E-state index in [1.54, 1.807) is 12.3 Å². The fourth-order valence-electron chi connectivity index (χ4n) is 2.35. The molecule has 1 aromatic heterocycles. The Labute approximate surface area is 120 Å². The van der Waals surface area contributed by atoms with E-state index in [0.29, 0.717) is 0 Å². The lowest BCUT2D eigenvalue weighted by Crippen LogP contribution is -2.24. The molecule has 0 bridgehead atoms. The second-order valence-electron chi connectivity index (χ2n) is 5.27. The lowest BCUT2D eigenvalue weighted by Gasteiger charge is -2.18. The monoisotopic (exact) mass is 275 g/mol. The lowest BCUT2D eigenvalue weighted by molar-refractivity contribution is 0.502. The normalized spacial score (nSPS) is 12.6. The van der Waals surface area contributed by atoms with Gasteiger partial charge in [-0.1, -0.05) is 13.0 Å². The summed E-state index contributed by atoms with van der Waals surface area (Å²) >= 11 is 0. The molecule has 0 spiro atoms. The quantitative estimate of drug-likeness (QED) is 0.849. The summed E-state index contributed by atoms with van der Waals surface area (Å²) in [6.07, 6.45) is 3.62. The van der Waals surface area contributed by atoms with E-state index in [4.69, 9.17) is 4.42 Å². The summed E-state index contributed by atoms with van der Waals surface area (Å²) in [5.41, 5.74) is 3.28. The molecule has 0 saturated carbocycles. The van der Waals surface area contributed by atoms with Crippen LogP contribution in [0.25, 0.3) is 0 Å². The van der Waals surface area contributed by atoms with Crippen molar-refractivity contribution in [2.24, 2.45) is 0 Å². The highest BCUT2D eigenvalue weighted by Crippen LogP contribution is 2.23. The molecule has 2 rings (SSSR count). The van der Waals surface area contributed by atoms with Gasteiger partial charge in [0.15, 0.2) is 0 Å². The molecule has 2 aromatic rings. The Morgan fingerprint density at radius 1 is 1.25 bits per heavy atom. The van der Waals surface area contributed by atoms with Crippen molar-refractivity contribution in [3.8, 4) is 0 Å². The van der Waals surface area contributed by atoms with Gasteiger partial charge in [-0.2, -0.15) is 0 Å². The van der Waals surface area contributed by atoms with Gasteiger partial charge in [0.05, 0.1) is 6.26 Å². The maximum absolute atomic E-state index is 13.4. The van der Waals surface area contributed by atoms with Gasteiger partial charge in [0, 0.05) is 11.6 Å². The van der Waals surface area contributed by atoms with Crippen LogP contribution in [0.3, 0.4) is 0 Å². The Kier molecular flexibility index (Phi) is 4.96. The molecule has 0 aliphatic carbocycles. The van der Waals surface area contributed by atoms with Crippen molar-refractivity contribution in [1.29, 1.82) is 0 Å². The minimum Gasteiger partial charge on any atom is -0.469 e. The van der Waals surface area contributed by atoms with E-state index in [1.165, 1.54) is 6.07 Å². The molecule has 1 aromatic carbocycles. The van der Waals surface area contributed by atoms with Gasteiger partial charge in [-0.25, -0.2) is 4.39 Å². The van der Waals surface area contributed by atoms with Gasteiger partial charge in [0.1, 0.15) is 11.6 Å². The lowest BCUT2D eigenvalue weighted by atomic mass is 9.97. The van der Waals surface area contributed by atoms with E-state index < -0.39 is 0 Å². The molecule has 1 atom stereocenters. The molecule has 0 amide bonds. The summed E-state index contributed by atoms with van der Waals surface area (Å²) in [4.78, 5) is 0. The van der Waals surface area contributed by atoms with E-state index in [9.17, 15) is 4.39 Å². The molecule has 0 aliphatic heterocycles. The summed E-state index contributed by atoms with van der Waals surface area (Å²) in [7, 11) is 0. The molecule has 3 heteroatoms. The Morgan fingerprint density at radius 3 is 2.70 bits per heavy atom. The van der Waals surface area contributed by atoms with Crippen molar-refractivity contribution >= 4 is 0 Å². The number of hydrogen-bond donors (Lipinski definition) is 1. The van der Waals surface area contributed by atoms with Crippen LogP contribution < -0.4 is 5.32 Å². The predicted molar refractivity (Wildman–Crippen MR) is 79.3 cm³/mol. The second kappa shape index (κ2) is 6.71. The highest BCUT2D eigenvalue weighted by Gasteiger charge is 2.15. The summed E-state index contributed by atoms with van der Waals surface area (Å²) in [6, 6.07) is 7.18. The minimum atomic E-state index is -0.178. The van der Waals surface area contributed by atoms with Crippen LogP contribution in [0, 0.1) is 19.7 Å². The van der Waals surface area contributed by atoms with Crippen LogP contribution in [0.15, 0.2) is 34.9 Å². The van der Waals surface area contributed by atoms with E-state index >= 15 is 0 Å². The van der Waals surface area contributed by atoms with Gasteiger partial charge in [-0.05, 0) is 62.6 Å². The van der Waals surface area contributed by atoms with Crippen molar-refractivity contribution in [1.82, 2.24) is 5.32 Å². The summed E-state index contributed by atoms with van der Waals surface area (Å²) in [5.74, 6) is 0.725. The van der Waals surface area contributed by atoms with Crippen molar-refractivity contribution in [2.45, 2.75) is 39.7 Å². The average molecular weight is 275 g/mol. The molecule has 0 radical (unpaired) electrons. The minimum absolute atomic E-state index is 0.160. The molecule has 1 heterocycles. The maximum Gasteiger partial charge on any atom is 0.123 e. The van der Waals surface area contributed by atoms with E-state index in [2.05, 4.69) is 12.2 Å². The van der Waals surface area contributed by atoms with Gasteiger partial charge in [-0.3, -0.25) is 0 Å². The first kappa shape index (κ1) is 14.8. The number of halogens is 1. The molecular weight excluding hydrogens is 253 g/mol. The number of hydrogen-bond acceptors (Lipinski definition) is 2. The van der Waals surface area contributed by atoms with Crippen LogP contribution in [0.2, 0.25) is 0 Å². The Balaban J connectivity index is 2.21. The highest BCUT2D eigenvalue weighted by molar-refractivity contribution is 5.29. The molecular formula is C17H22FNO. The molecule has 20 heavy (non-hydrogen) atoms. The number of furan rings is 1. The number of aryl methyl sites for hydroxylation is 2. The smallest absolute Gasteiger partial charge is 0.123 e. The third kappa shape index (κ3) is 3.70. The van der Waals surface area contributed by atoms with Crippen LogP contribution in [0.4, 0.5) is 4.39 Å². The Morgan fingerprint density at radius 2 is 2.05 bits per heavy atom. The van der Waals surface area contributed by atoms with Gasteiger partial charge in [0.25, 0.3) is 0 Å². The van der Waals surface area contributed by atoms with E-state index in [-0.39, 0.29) is 11.9 Å². The predicted octanol–water partition coefficient (Wildman–Crippen LogP) is 4.32. The molecule has 1 N–H and O–H groups in total. The SMILES string of the molecule is CCCNC(Cc1cc(F)ccc1C)c1coc(C)c1. The third-order valence-electron chi connectivity index (χ3n) is 3.53. The highest BCUT2D eigenvalue weighted by atomic mass is 19.1. The maximum atomic E-state index is 13.4. The molecule has 2 nitrogen and oxygen atoms in total. The number of benzene rings is 1. The van der Waals surface area contributed by atoms with Gasteiger partial charge >= 0.3 is 0 Å². The van der Waals surface area contributed by atoms with E-state index in [0.717, 1.165) is 41.8 Å². The number of nitrogens with one attached hydrogen (secondary N) is 1. The topological polar surface area (TPSA) is 25.2 Å². The van der Waals surface area contributed by atoms with Crippen LogP contribution in [0.1, 0.15) is 41.8 Å². The molecule has 0 fully saturated rings. The standard InChI is InChI=1S/C17H22FNO/c1-4-7-19-17(15-8-13(3)20-11-15)10-14-9-16(18)6-5-12(14)2/h5-6,8-9,11,17,19H,4,7,10H2,1-3H3. The summed E-state index contributed by atoms with van der Waals surface area (Å²) in [6.45, 7) is 7.03. The molecule has 108 valence electrons. The zero-order chi connectivity index (χ0) is 14.5. The number of rotatable bonds is 6. The fraction of sp³-hybridized carbons (Fsp3) is 0.412. The van der Waals surface area contributed by atoms with Crippen LogP contribution in [-0.4, -0.2) is 6.54 Å². The first-order valence-electron chi connectivity index (χ1n) is 7.13. The van der Waals surface area contributed by atoms with Crippen molar-refractivity contribution < 1.29 is 8.81 Å². The van der Waals surface area contributed by atoms with Crippen molar-refractivity contribution in [3.63, 3.8) is 0 Å². The summed E-state index contributed by atoms with van der Waals surface area (Å²) in [5, 5.41) is 3.51. The third-order valence-corrected chi connectivity index (χ3v) is 3.53. The zero-order valence-electron chi connectivity index (χ0n) is 12.4. The molecule has 0 saturated heterocycles. The largest absolute Gasteiger partial charge is 0.469 e. The molecule has 1 unspecified atom stereocenters.